The summed E-state index contributed by atoms with van der Waals surface area (Å²) in [6.07, 6.45) is 3.41. The van der Waals surface area contributed by atoms with Crippen LogP contribution in [0.15, 0.2) is 30.3 Å². The van der Waals surface area contributed by atoms with Gasteiger partial charge in [0.2, 0.25) is 5.91 Å². The van der Waals surface area contributed by atoms with Gasteiger partial charge < -0.3 is 10.1 Å². The lowest BCUT2D eigenvalue weighted by Crippen LogP contribution is -2.44. The molecule has 2 rings (SSSR count). The van der Waals surface area contributed by atoms with Crippen LogP contribution in [0.5, 0.6) is 0 Å². The molecule has 1 fully saturated rings. The zero-order valence-electron chi connectivity index (χ0n) is 13.0. The summed E-state index contributed by atoms with van der Waals surface area (Å²) < 4.78 is 5.31. The standard InChI is InChI=1S/C17H26N2O2/c1-19(12-17(20)18-11-15-8-9-15)16(13-21-2)10-14-6-4-3-5-7-14/h3-7,15-16H,8-13H2,1-2H3,(H,18,20). The molecule has 0 aromatic heterocycles. The monoisotopic (exact) mass is 290 g/mol. The normalized spacial score (nSPS) is 16.0. The fourth-order valence-electron chi connectivity index (χ4n) is 2.41. The van der Waals surface area contributed by atoms with Gasteiger partial charge in [-0.15, -0.1) is 0 Å². The van der Waals surface area contributed by atoms with Crippen molar-refractivity contribution in [3.63, 3.8) is 0 Å². The number of carbonyl (C=O) groups excluding carboxylic acids is 1. The van der Waals surface area contributed by atoms with E-state index in [-0.39, 0.29) is 11.9 Å². The molecule has 4 heteroatoms. The van der Waals surface area contributed by atoms with E-state index in [0.717, 1.165) is 18.9 Å². The Morgan fingerprint density at radius 1 is 1.38 bits per heavy atom. The molecule has 1 aliphatic rings. The van der Waals surface area contributed by atoms with Crippen LogP contribution in [0.1, 0.15) is 18.4 Å². The number of likely N-dealkylation sites (N-methyl/N-ethyl adjacent to an activating group) is 1. The summed E-state index contributed by atoms with van der Waals surface area (Å²) in [6, 6.07) is 10.5. The van der Waals surface area contributed by atoms with Gasteiger partial charge >= 0.3 is 0 Å². The zero-order chi connectivity index (χ0) is 15.1. The van der Waals surface area contributed by atoms with Crippen LogP contribution >= 0.6 is 0 Å². The molecule has 0 saturated heterocycles. The second-order valence-electron chi connectivity index (χ2n) is 5.96. The number of rotatable bonds is 9. The third kappa shape index (κ3) is 5.86. The van der Waals surface area contributed by atoms with Gasteiger partial charge in [0, 0.05) is 19.7 Å². The van der Waals surface area contributed by atoms with E-state index in [1.54, 1.807) is 7.11 Å². The average Bonchev–Trinajstić information content (AvgIpc) is 3.30. The fourth-order valence-corrected chi connectivity index (χ4v) is 2.41. The van der Waals surface area contributed by atoms with Crippen molar-refractivity contribution in [2.24, 2.45) is 5.92 Å². The van der Waals surface area contributed by atoms with Gasteiger partial charge in [0.15, 0.2) is 0 Å². The van der Waals surface area contributed by atoms with E-state index in [2.05, 4.69) is 22.3 Å². The third-order valence-corrected chi connectivity index (χ3v) is 3.97. The van der Waals surface area contributed by atoms with Crippen molar-refractivity contribution < 1.29 is 9.53 Å². The van der Waals surface area contributed by atoms with Crippen LogP contribution in [-0.2, 0) is 16.0 Å². The molecular formula is C17H26N2O2. The average molecular weight is 290 g/mol. The summed E-state index contributed by atoms with van der Waals surface area (Å²) in [5, 5.41) is 3.01. The second kappa shape index (κ2) is 8.15. The first-order valence-corrected chi connectivity index (χ1v) is 7.69. The van der Waals surface area contributed by atoms with Crippen LogP contribution in [0.25, 0.3) is 0 Å². The van der Waals surface area contributed by atoms with Crippen LogP contribution in [0.4, 0.5) is 0 Å². The minimum absolute atomic E-state index is 0.110. The summed E-state index contributed by atoms with van der Waals surface area (Å²) in [5.41, 5.74) is 1.27. The van der Waals surface area contributed by atoms with Crippen molar-refractivity contribution in [3.05, 3.63) is 35.9 Å². The Bertz CT molecular complexity index is 432. The first-order valence-electron chi connectivity index (χ1n) is 7.69. The molecule has 0 bridgehead atoms. The molecule has 0 radical (unpaired) electrons. The highest BCUT2D eigenvalue weighted by Gasteiger charge is 2.23. The van der Waals surface area contributed by atoms with Gasteiger partial charge in [0.1, 0.15) is 0 Å². The lowest BCUT2D eigenvalue weighted by atomic mass is 10.1. The number of carbonyl (C=O) groups is 1. The Kier molecular flexibility index (Phi) is 6.21. The molecule has 1 aromatic carbocycles. The number of amides is 1. The predicted molar refractivity (Wildman–Crippen MR) is 84.2 cm³/mol. The number of benzene rings is 1. The van der Waals surface area contributed by atoms with Gasteiger partial charge in [-0.2, -0.15) is 0 Å². The first-order chi connectivity index (χ1) is 10.2. The predicted octanol–water partition coefficient (Wildman–Crippen LogP) is 1.70. The zero-order valence-corrected chi connectivity index (χ0v) is 13.0. The van der Waals surface area contributed by atoms with E-state index in [9.17, 15) is 4.79 Å². The summed E-state index contributed by atoms with van der Waals surface area (Å²) in [7, 11) is 3.70. The van der Waals surface area contributed by atoms with E-state index >= 15 is 0 Å². The molecule has 1 amide bonds. The largest absolute Gasteiger partial charge is 0.383 e. The smallest absolute Gasteiger partial charge is 0.234 e. The lowest BCUT2D eigenvalue weighted by molar-refractivity contribution is -0.122. The maximum absolute atomic E-state index is 12.0. The molecule has 4 nitrogen and oxygen atoms in total. The Morgan fingerprint density at radius 3 is 2.71 bits per heavy atom. The molecular weight excluding hydrogens is 264 g/mol. The molecule has 1 aromatic rings. The molecule has 1 saturated carbocycles. The van der Waals surface area contributed by atoms with Crippen LogP contribution in [0.2, 0.25) is 0 Å². The fraction of sp³-hybridized carbons (Fsp3) is 0.588. The van der Waals surface area contributed by atoms with Crippen molar-refractivity contribution in [2.75, 3.05) is 33.9 Å². The quantitative estimate of drug-likeness (QED) is 0.753. The van der Waals surface area contributed by atoms with E-state index in [4.69, 9.17) is 4.74 Å². The highest BCUT2D eigenvalue weighted by Crippen LogP contribution is 2.27. The molecule has 0 heterocycles. The SMILES string of the molecule is COCC(Cc1ccccc1)N(C)CC(=O)NCC1CC1. The minimum atomic E-state index is 0.110. The molecule has 1 aliphatic carbocycles. The highest BCUT2D eigenvalue weighted by atomic mass is 16.5. The Labute approximate surface area is 127 Å². The number of hydrogen-bond acceptors (Lipinski definition) is 3. The Morgan fingerprint density at radius 2 is 2.10 bits per heavy atom. The van der Waals surface area contributed by atoms with Gasteiger partial charge in [-0.3, -0.25) is 9.69 Å². The summed E-state index contributed by atoms with van der Waals surface area (Å²) in [5.74, 6) is 0.830. The van der Waals surface area contributed by atoms with Crippen LogP contribution in [0.3, 0.4) is 0 Å². The molecule has 0 spiro atoms. The highest BCUT2D eigenvalue weighted by molar-refractivity contribution is 5.78. The van der Waals surface area contributed by atoms with Crippen LogP contribution < -0.4 is 5.32 Å². The topological polar surface area (TPSA) is 41.6 Å². The first kappa shape index (κ1) is 16.0. The lowest BCUT2D eigenvalue weighted by Gasteiger charge is -2.27. The van der Waals surface area contributed by atoms with E-state index in [1.807, 2.05) is 25.2 Å². The van der Waals surface area contributed by atoms with Crippen molar-refractivity contribution in [1.29, 1.82) is 0 Å². The second-order valence-corrected chi connectivity index (χ2v) is 5.96. The summed E-state index contributed by atoms with van der Waals surface area (Å²) >= 11 is 0. The van der Waals surface area contributed by atoms with Gasteiger partial charge in [0.25, 0.3) is 0 Å². The maximum atomic E-state index is 12.0. The van der Waals surface area contributed by atoms with Crippen molar-refractivity contribution in [1.82, 2.24) is 10.2 Å². The van der Waals surface area contributed by atoms with Gasteiger partial charge in [-0.1, -0.05) is 30.3 Å². The molecule has 116 valence electrons. The number of nitrogens with zero attached hydrogens (tertiary/aromatic N) is 1. The van der Waals surface area contributed by atoms with E-state index < -0.39 is 0 Å². The molecule has 0 aliphatic heterocycles. The van der Waals surface area contributed by atoms with Gasteiger partial charge in [-0.05, 0) is 37.8 Å². The van der Waals surface area contributed by atoms with Crippen molar-refractivity contribution in [3.8, 4) is 0 Å². The summed E-state index contributed by atoms with van der Waals surface area (Å²) in [6.45, 7) is 1.88. The summed E-state index contributed by atoms with van der Waals surface area (Å²) in [4.78, 5) is 14.0. The van der Waals surface area contributed by atoms with Crippen molar-refractivity contribution in [2.45, 2.75) is 25.3 Å². The number of hydrogen-bond donors (Lipinski definition) is 1. The van der Waals surface area contributed by atoms with Crippen LogP contribution in [-0.4, -0.2) is 50.7 Å². The number of nitrogens with one attached hydrogen (secondary N) is 1. The minimum Gasteiger partial charge on any atom is -0.383 e. The number of methoxy groups -OCH3 is 1. The Hall–Kier alpha value is -1.39. The van der Waals surface area contributed by atoms with Crippen LogP contribution in [0, 0.1) is 5.92 Å². The van der Waals surface area contributed by atoms with Gasteiger partial charge in [0.05, 0.1) is 13.2 Å². The molecule has 21 heavy (non-hydrogen) atoms. The Balaban J connectivity index is 1.82. The number of ether oxygens (including phenoxy) is 1. The maximum Gasteiger partial charge on any atom is 0.234 e. The third-order valence-electron chi connectivity index (χ3n) is 3.97. The van der Waals surface area contributed by atoms with Crippen molar-refractivity contribution >= 4 is 5.91 Å². The van der Waals surface area contributed by atoms with E-state index in [1.165, 1.54) is 18.4 Å². The van der Waals surface area contributed by atoms with E-state index in [0.29, 0.717) is 13.2 Å². The molecule has 1 atom stereocenters. The van der Waals surface area contributed by atoms with Gasteiger partial charge in [-0.25, -0.2) is 0 Å². The molecule has 1 N–H and O–H groups in total. The molecule has 1 unspecified atom stereocenters.